The molecular formula is C19H13NO2S3. The van der Waals surface area contributed by atoms with Gasteiger partial charge < -0.3 is 5.11 Å². The zero-order chi connectivity index (χ0) is 17.4. The summed E-state index contributed by atoms with van der Waals surface area (Å²) in [6, 6.07) is 16.3. The van der Waals surface area contributed by atoms with Crippen LogP contribution in [0.2, 0.25) is 0 Å². The van der Waals surface area contributed by atoms with Crippen LogP contribution in [0.1, 0.15) is 9.67 Å². The maximum absolute atomic E-state index is 11.2. The summed E-state index contributed by atoms with van der Waals surface area (Å²) < 4.78 is 0.983. The van der Waals surface area contributed by atoms with Crippen molar-refractivity contribution < 1.29 is 9.90 Å². The lowest BCUT2D eigenvalue weighted by Crippen LogP contribution is -1.89. The van der Waals surface area contributed by atoms with Crippen LogP contribution in [-0.4, -0.2) is 22.3 Å². The van der Waals surface area contributed by atoms with Crippen LogP contribution in [0, 0.1) is 0 Å². The van der Waals surface area contributed by atoms with E-state index in [-0.39, 0.29) is 0 Å². The first kappa shape index (κ1) is 16.3. The molecule has 0 spiro atoms. The van der Waals surface area contributed by atoms with Gasteiger partial charge in [-0.05, 0) is 29.2 Å². The van der Waals surface area contributed by atoms with Gasteiger partial charge in [0.2, 0.25) is 0 Å². The van der Waals surface area contributed by atoms with E-state index in [9.17, 15) is 9.90 Å². The molecule has 0 saturated heterocycles. The molecule has 124 valence electrons. The molecule has 3 nitrogen and oxygen atoms in total. The number of aromatic nitrogens is 1. The fourth-order valence-electron chi connectivity index (χ4n) is 2.66. The number of nitrogens with zero attached hydrogens (tertiary/aromatic N) is 1. The number of carboxylic acids is 1. The fourth-order valence-corrected chi connectivity index (χ4v) is 5.35. The SMILES string of the molecule is CSc1sc(C(=O)O)cc1-c1nc(-c2ccc3ccccc3c2)cs1. The summed E-state index contributed by atoms with van der Waals surface area (Å²) in [4.78, 5) is 16.4. The van der Waals surface area contributed by atoms with Crippen LogP contribution < -0.4 is 0 Å². The summed E-state index contributed by atoms with van der Waals surface area (Å²) in [5.41, 5.74) is 2.90. The number of thiazole rings is 1. The second-order valence-corrected chi connectivity index (χ2v) is 8.41. The average Bonchev–Trinajstić information content (AvgIpc) is 3.28. The van der Waals surface area contributed by atoms with Gasteiger partial charge in [-0.1, -0.05) is 36.4 Å². The lowest BCUT2D eigenvalue weighted by molar-refractivity contribution is 0.0702. The normalized spacial score (nSPS) is 11.1. The Balaban J connectivity index is 1.75. The Hall–Kier alpha value is -2.15. The van der Waals surface area contributed by atoms with Crippen molar-refractivity contribution in [3.05, 3.63) is 58.8 Å². The number of aromatic carboxylic acids is 1. The third-order valence-corrected chi connectivity index (χ3v) is 7.01. The van der Waals surface area contributed by atoms with Crippen LogP contribution in [0.4, 0.5) is 0 Å². The van der Waals surface area contributed by atoms with Gasteiger partial charge in [0.1, 0.15) is 9.88 Å². The number of thiophene rings is 1. The zero-order valence-corrected chi connectivity index (χ0v) is 15.7. The second kappa shape index (κ2) is 6.63. The van der Waals surface area contributed by atoms with Crippen LogP contribution in [-0.2, 0) is 0 Å². The summed E-state index contributed by atoms with van der Waals surface area (Å²) in [7, 11) is 0. The number of carboxylic acid groups (broad SMARTS) is 1. The Labute approximate surface area is 157 Å². The van der Waals surface area contributed by atoms with Crippen LogP contribution >= 0.6 is 34.4 Å². The van der Waals surface area contributed by atoms with Gasteiger partial charge in [-0.2, -0.15) is 0 Å². The summed E-state index contributed by atoms with van der Waals surface area (Å²) in [5.74, 6) is -0.891. The van der Waals surface area contributed by atoms with Gasteiger partial charge in [-0.3, -0.25) is 0 Å². The van der Waals surface area contributed by atoms with E-state index in [1.165, 1.54) is 22.1 Å². The maximum Gasteiger partial charge on any atom is 0.345 e. The molecule has 25 heavy (non-hydrogen) atoms. The largest absolute Gasteiger partial charge is 0.477 e. The first-order valence-corrected chi connectivity index (χ1v) is 10.4. The minimum atomic E-state index is -0.891. The Bertz CT molecular complexity index is 1080. The molecule has 1 N–H and O–H groups in total. The minimum absolute atomic E-state index is 0.349. The predicted octanol–water partition coefficient (Wildman–Crippen LogP) is 6.11. The molecule has 0 radical (unpaired) electrons. The van der Waals surface area contributed by atoms with Crippen LogP contribution in [0.3, 0.4) is 0 Å². The number of rotatable bonds is 4. The number of hydrogen-bond acceptors (Lipinski definition) is 5. The molecule has 0 bridgehead atoms. The number of carbonyl (C=O) groups is 1. The first-order valence-electron chi connectivity index (χ1n) is 7.52. The van der Waals surface area contributed by atoms with Gasteiger partial charge in [-0.15, -0.1) is 34.4 Å². The van der Waals surface area contributed by atoms with Crippen molar-refractivity contribution in [3.8, 4) is 21.8 Å². The summed E-state index contributed by atoms with van der Waals surface area (Å²) >= 11 is 4.40. The number of thioether (sulfide) groups is 1. The fraction of sp³-hybridized carbons (Fsp3) is 0.0526. The van der Waals surface area contributed by atoms with Crippen molar-refractivity contribution >= 4 is 51.2 Å². The third kappa shape index (κ3) is 3.08. The standard InChI is InChI=1S/C19H13NO2S3/c1-23-19-14(9-16(25-19)18(21)22)17-20-15(10-24-17)13-7-6-11-4-2-3-5-12(11)8-13/h2-10H,1H3,(H,21,22). The lowest BCUT2D eigenvalue weighted by Gasteiger charge is -2.01. The third-order valence-electron chi connectivity index (χ3n) is 3.87. The highest BCUT2D eigenvalue weighted by molar-refractivity contribution is 8.00. The molecule has 2 heterocycles. The Morgan fingerprint density at radius 1 is 1.12 bits per heavy atom. The van der Waals surface area contributed by atoms with Gasteiger partial charge in [-0.25, -0.2) is 9.78 Å². The van der Waals surface area contributed by atoms with Crippen molar-refractivity contribution in [1.29, 1.82) is 0 Å². The van der Waals surface area contributed by atoms with E-state index in [0.717, 1.165) is 26.0 Å². The van der Waals surface area contributed by atoms with Crippen molar-refractivity contribution in [2.75, 3.05) is 6.26 Å². The highest BCUT2D eigenvalue weighted by atomic mass is 32.2. The monoisotopic (exact) mass is 383 g/mol. The highest BCUT2D eigenvalue weighted by Crippen LogP contribution is 2.40. The van der Waals surface area contributed by atoms with E-state index in [1.807, 2.05) is 23.8 Å². The quantitative estimate of drug-likeness (QED) is 0.432. The molecule has 0 aliphatic heterocycles. The zero-order valence-electron chi connectivity index (χ0n) is 13.2. The predicted molar refractivity (Wildman–Crippen MR) is 107 cm³/mol. The average molecular weight is 384 g/mol. The van der Waals surface area contributed by atoms with E-state index >= 15 is 0 Å². The topological polar surface area (TPSA) is 50.2 Å². The van der Waals surface area contributed by atoms with Crippen molar-refractivity contribution in [2.45, 2.75) is 4.21 Å². The molecule has 0 saturated carbocycles. The van der Waals surface area contributed by atoms with E-state index in [2.05, 4.69) is 30.3 Å². The lowest BCUT2D eigenvalue weighted by atomic mass is 10.1. The minimum Gasteiger partial charge on any atom is -0.477 e. The summed E-state index contributed by atoms with van der Waals surface area (Å²) in [6.45, 7) is 0. The van der Waals surface area contributed by atoms with Gasteiger partial charge >= 0.3 is 5.97 Å². The van der Waals surface area contributed by atoms with Gasteiger partial charge in [0.15, 0.2) is 0 Å². The molecule has 0 unspecified atom stereocenters. The van der Waals surface area contributed by atoms with Gasteiger partial charge in [0.05, 0.1) is 9.90 Å². The Morgan fingerprint density at radius 3 is 2.68 bits per heavy atom. The molecule has 0 fully saturated rings. The maximum atomic E-state index is 11.2. The number of benzene rings is 2. The van der Waals surface area contributed by atoms with E-state index in [0.29, 0.717) is 4.88 Å². The first-order chi connectivity index (χ1) is 12.2. The molecule has 0 aliphatic rings. The van der Waals surface area contributed by atoms with E-state index < -0.39 is 5.97 Å². The molecule has 2 aromatic heterocycles. The van der Waals surface area contributed by atoms with Crippen molar-refractivity contribution in [3.63, 3.8) is 0 Å². The van der Waals surface area contributed by atoms with Crippen LogP contribution in [0.25, 0.3) is 32.6 Å². The van der Waals surface area contributed by atoms with Crippen molar-refractivity contribution in [1.82, 2.24) is 4.98 Å². The molecule has 2 aromatic carbocycles. The van der Waals surface area contributed by atoms with Crippen molar-refractivity contribution in [2.24, 2.45) is 0 Å². The van der Waals surface area contributed by atoms with Gasteiger partial charge in [0, 0.05) is 16.5 Å². The van der Waals surface area contributed by atoms with Crippen LogP contribution in [0.5, 0.6) is 0 Å². The molecule has 6 heteroatoms. The second-order valence-electron chi connectivity index (χ2n) is 5.42. The molecule has 0 amide bonds. The molecule has 0 aliphatic carbocycles. The molecule has 0 atom stereocenters. The Kier molecular flexibility index (Phi) is 4.33. The molecule has 4 rings (SSSR count). The highest BCUT2D eigenvalue weighted by Gasteiger charge is 2.17. The number of fused-ring (bicyclic) bond motifs is 1. The van der Waals surface area contributed by atoms with Crippen LogP contribution in [0.15, 0.2) is 58.1 Å². The molecule has 4 aromatic rings. The summed E-state index contributed by atoms with van der Waals surface area (Å²) in [5, 5.41) is 14.5. The smallest absolute Gasteiger partial charge is 0.345 e. The summed E-state index contributed by atoms with van der Waals surface area (Å²) in [6.07, 6.45) is 1.96. The number of hydrogen-bond donors (Lipinski definition) is 1. The van der Waals surface area contributed by atoms with E-state index in [1.54, 1.807) is 29.2 Å². The Morgan fingerprint density at radius 2 is 1.92 bits per heavy atom. The van der Waals surface area contributed by atoms with Gasteiger partial charge in [0.25, 0.3) is 0 Å². The molecular weight excluding hydrogens is 370 g/mol. The van der Waals surface area contributed by atoms with E-state index in [4.69, 9.17) is 4.98 Å².